The Morgan fingerprint density at radius 2 is 2.27 bits per heavy atom. The molecule has 0 amide bonds. The normalized spacial score (nSPS) is 21.6. The first kappa shape index (κ1) is 11.0. The van der Waals surface area contributed by atoms with Crippen LogP contribution < -0.4 is 5.32 Å². The van der Waals surface area contributed by atoms with Gasteiger partial charge in [-0.2, -0.15) is 0 Å². The maximum absolute atomic E-state index is 6.19. The van der Waals surface area contributed by atoms with Crippen LogP contribution in [-0.4, -0.2) is 12.6 Å². The molecular weight excluding hydrogens is 206 g/mol. The second-order valence-electron chi connectivity index (χ2n) is 4.45. The third kappa shape index (κ3) is 2.96. The summed E-state index contributed by atoms with van der Waals surface area (Å²) in [6.45, 7) is 3.28. The van der Waals surface area contributed by atoms with Crippen molar-refractivity contribution in [2.45, 2.75) is 38.6 Å². The smallest absolute Gasteiger partial charge is 0.0438 e. The molecule has 1 saturated heterocycles. The van der Waals surface area contributed by atoms with E-state index in [9.17, 15) is 0 Å². The van der Waals surface area contributed by atoms with Gasteiger partial charge in [-0.1, -0.05) is 35.7 Å². The SMILES string of the molecule is Cc1ccc(Cl)c(CC2CCCCN2)c1. The van der Waals surface area contributed by atoms with Crippen molar-refractivity contribution >= 4 is 11.6 Å². The van der Waals surface area contributed by atoms with Crippen LogP contribution in [0.25, 0.3) is 0 Å². The van der Waals surface area contributed by atoms with Crippen LogP contribution in [0.4, 0.5) is 0 Å². The van der Waals surface area contributed by atoms with Gasteiger partial charge in [-0.15, -0.1) is 0 Å². The first-order valence-corrected chi connectivity index (χ1v) is 6.12. The molecule has 1 N–H and O–H groups in total. The van der Waals surface area contributed by atoms with E-state index in [0.29, 0.717) is 6.04 Å². The highest BCUT2D eigenvalue weighted by Gasteiger charge is 2.14. The molecule has 1 aliphatic heterocycles. The van der Waals surface area contributed by atoms with E-state index < -0.39 is 0 Å². The average Bonchev–Trinajstić information content (AvgIpc) is 2.25. The fraction of sp³-hybridized carbons (Fsp3) is 0.538. The Morgan fingerprint density at radius 3 is 3.00 bits per heavy atom. The molecule has 0 saturated carbocycles. The summed E-state index contributed by atoms with van der Waals surface area (Å²) in [5.41, 5.74) is 2.58. The zero-order valence-corrected chi connectivity index (χ0v) is 9.98. The fourth-order valence-electron chi connectivity index (χ4n) is 2.22. The molecule has 1 unspecified atom stereocenters. The molecule has 15 heavy (non-hydrogen) atoms. The van der Waals surface area contributed by atoms with Crippen LogP contribution in [0.2, 0.25) is 5.02 Å². The van der Waals surface area contributed by atoms with E-state index in [1.807, 2.05) is 6.07 Å². The average molecular weight is 224 g/mol. The minimum absolute atomic E-state index is 0.623. The Bertz CT molecular complexity index is 329. The van der Waals surface area contributed by atoms with Crippen LogP contribution in [0, 0.1) is 6.92 Å². The topological polar surface area (TPSA) is 12.0 Å². The highest BCUT2D eigenvalue weighted by atomic mass is 35.5. The van der Waals surface area contributed by atoms with Crippen molar-refractivity contribution in [1.29, 1.82) is 0 Å². The summed E-state index contributed by atoms with van der Waals surface area (Å²) in [4.78, 5) is 0. The highest BCUT2D eigenvalue weighted by molar-refractivity contribution is 6.31. The van der Waals surface area contributed by atoms with E-state index in [4.69, 9.17) is 11.6 Å². The van der Waals surface area contributed by atoms with E-state index in [2.05, 4.69) is 24.4 Å². The summed E-state index contributed by atoms with van der Waals surface area (Å²) >= 11 is 6.19. The Kier molecular flexibility index (Phi) is 3.66. The molecule has 1 heterocycles. The number of nitrogens with one attached hydrogen (secondary N) is 1. The predicted octanol–water partition coefficient (Wildman–Crippen LogP) is 3.33. The summed E-state index contributed by atoms with van der Waals surface area (Å²) < 4.78 is 0. The first-order chi connectivity index (χ1) is 7.25. The van der Waals surface area contributed by atoms with E-state index in [1.54, 1.807) is 0 Å². The lowest BCUT2D eigenvalue weighted by atomic mass is 9.97. The van der Waals surface area contributed by atoms with Crippen molar-refractivity contribution in [2.24, 2.45) is 0 Å². The minimum atomic E-state index is 0.623. The van der Waals surface area contributed by atoms with Crippen LogP contribution in [0.5, 0.6) is 0 Å². The van der Waals surface area contributed by atoms with Gasteiger partial charge in [0.2, 0.25) is 0 Å². The molecule has 1 aliphatic rings. The molecule has 0 bridgehead atoms. The standard InChI is InChI=1S/C13H18ClN/c1-10-5-6-13(14)11(8-10)9-12-4-2-3-7-15-12/h5-6,8,12,15H,2-4,7,9H2,1H3. The van der Waals surface area contributed by atoms with Gasteiger partial charge in [-0.25, -0.2) is 0 Å². The van der Waals surface area contributed by atoms with Crippen molar-refractivity contribution in [2.75, 3.05) is 6.54 Å². The fourth-order valence-corrected chi connectivity index (χ4v) is 2.42. The lowest BCUT2D eigenvalue weighted by Gasteiger charge is -2.23. The Hall–Kier alpha value is -0.530. The molecule has 0 aliphatic carbocycles. The molecule has 1 aromatic rings. The third-order valence-corrected chi connectivity index (χ3v) is 3.45. The Balaban J connectivity index is 2.05. The number of halogens is 1. The molecule has 0 radical (unpaired) electrons. The van der Waals surface area contributed by atoms with Crippen molar-refractivity contribution in [3.05, 3.63) is 34.3 Å². The molecular formula is C13H18ClN. The Labute approximate surface area is 96.8 Å². The number of rotatable bonds is 2. The van der Waals surface area contributed by atoms with Gasteiger partial charge in [0, 0.05) is 11.1 Å². The monoisotopic (exact) mass is 223 g/mol. The number of hydrogen-bond donors (Lipinski definition) is 1. The third-order valence-electron chi connectivity index (χ3n) is 3.08. The van der Waals surface area contributed by atoms with Gasteiger partial charge in [0.1, 0.15) is 0 Å². The van der Waals surface area contributed by atoms with Crippen molar-refractivity contribution < 1.29 is 0 Å². The number of benzene rings is 1. The van der Waals surface area contributed by atoms with Crippen LogP contribution >= 0.6 is 11.6 Å². The molecule has 0 aromatic heterocycles. The highest BCUT2D eigenvalue weighted by Crippen LogP contribution is 2.21. The lowest BCUT2D eigenvalue weighted by molar-refractivity contribution is 0.399. The molecule has 1 aromatic carbocycles. The molecule has 82 valence electrons. The first-order valence-electron chi connectivity index (χ1n) is 5.74. The maximum Gasteiger partial charge on any atom is 0.0438 e. The second kappa shape index (κ2) is 5.00. The zero-order chi connectivity index (χ0) is 10.7. The summed E-state index contributed by atoms with van der Waals surface area (Å²) in [6, 6.07) is 6.91. The Morgan fingerprint density at radius 1 is 1.40 bits per heavy atom. The molecule has 1 atom stereocenters. The van der Waals surface area contributed by atoms with Gasteiger partial charge >= 0.3 is 0 Å². The lowest BCUT2D eigenvalue weighted by Crippen LogP contribution is -2.35. The van der Waals surface area contributed by atoms with E-state index in [0.717, 1.165) is 18.0 Å². The van der Waals surface area contributed by atoms with E-state index in [1.165, 1.54) is 30.4 Å². The minimum Gasteiger partial charge on any atom is -0.314 e. The second-order valence-corrected chi connectivity index (χ2v) is 4.85. The summed E-state index contributed by atoms with van der Waals surface area (Å²) in [7, 11) is 0. The summed E-state index contributed by atoms with van der Waals surface area (Å²) in [5, 5.41) is 4.47. The van der Waals surface area contributed by atoms with Crippen molar-refractivity contribution in [3.63, 3.8) is 0 Å². The van der Waals surface area contributed by atoms with Gasteiger partial charge in [-0.05, 0) is 44.4 Å². The van der Waals surface area contributed by atoms with Gasteiger partial charge in [-0.3, -0.25) is 0 Å². The number of piperidine rings is 1. The quantitative estimate of drug-likeness (QED) is 0.811. The maximum atomic E-state index is 6.19. The summed E-state index contributed by atoms with van der Waals surface area (Å²) in [5.74, 6) is 0. The van der Waals surface area contributed by atoms with Crippen molar-refractivity contribution in [3.8, 4) is 0 Å². The molecule has 2 rings (SSSR count). The largest absolute Gasteiger partial charge is 0.314 e. The van der Waals surface area contributed by atoms with Gasteiger partial charge in [0.25, 0.3) is 0 Å². The van der Waals surface area contributed by atoms with Crippen LogP contribution in [0.15, 0.2) is 18.2 Å². The molecule has 2 heteroatoms. The van der Waals surface area contributed by atoms with Gasteiger partial charge in [0.15, 0.2) is 0 Å². The number of aryl methyl sites for hydroxylation is 1. The van der Waals surface area contributed by atoms with Crippen LogP contribution in [-0.2, 0) is 6.42 Å². The van der Waals surface area contributed by atoms with E-state index in [-0.39, 0.29) is 0 Å². The predicted molar refractivity (Wildman–Crippen MR) is 65.5 cm³/mol. The zero-order valence-electron chi connectivity index (χ0n) is 9.22. The van der Waals surface area contributed by atoms with Gasteiger partial charge in [0.05, 0.1) is 0 Å². The summed E-state index contributed by atoms with van der Waals surface area (Å²) in [6.07, 6.45) is 5.02. The van der Waals surface area contributed by atoms with Crippen LogP contribution in [0.3, 0.4) is 0 Å². The number of hydrogen-bond acceptors (Lipinski definition) is 1. The molecule has 1 fully saturated rings. The van der Waals surface area contributed by atoms with E-state index >= 15 is 0 Å². The van der Waals surface area contributed by atoms with Gasteiger partial charge < -0.3 is 5.32 Å². The van der Waals surface area contributed by atoms with Crippen molar-refractivity contribution in [1.82, 2.24) is 5.32 Å². The molecule has 1 nitrogen and oxygen atoms in total. The molecule has 0 spiro atoms. The van der Waals surface area contributed by atoms with Crippen LogP contribution in [0.1, 0.15) is 30.4 Å².